The van der Waals surface area contributed by atoms with Crippen molar-refractivity contribution in [3.63, 3.8) is 0 Å². The Labute approximate surface area is 150 Å². The molecule has 0 spiro atoms. The van der Waals surface area contributed by atoms with E-state index < -0.39 is 0 Å². The van der Waals surface area contributed by atoms with E-state index in [4.69, 9.17) is 14.3 Å². The van der Waals surface area contributed by atoms with Gasteiger partial charge < -0.3 is 9.14 Å². The quantitative estimate of drug-likeness (QED) is 0.561. The minimum atomic E-state index is 0.250. The van der Waals surface area contributed by atoms with Crippen LogP contribution >= 0.6 is 0 Å². The monoisotopic (exact) mass is 344 g/mol. The van der Waals surface area contributed by atoms with E-state index in [-0.39, 0.29) is 6.15 Å². The topological polar surface area (TPSA) is 60.7 Å². The van der Waals surface area contributed by atoms with E-state index in [1.807, 2.05) is 77.5 Å². The second kappa shape index (κ2) is 8.42. The lowest BCUT2D eigenvalue weighted by Crippen LogP contribution is -1.94. The van der Waals surface area contributed by atoms with Gasteiger partial charge in [-0.3, -0.25) is 0 Å². The van der Waals surface area contributed by atoms with Gasteiger partial charge in [0.05, 0.1) is 5.69 Å². The van der Waals surface area contributed by atoms with E-state index >= 15 is 0 Å². The highest BCUT2D eigenvalue weighted by Gasteiger charge is 2.04. The summed E-state index contributed by atoms with van der Waals surface area (Å²) >= 11 is 0. The number of nitrogens with zero attached hydrogens (tertiary/aromatic N) is 2. The van der Waals surface area contributed by atoms with E-state index in [0.29, 0.717) is 6.61 Å². The molecule has 0 saturated heterocycles. The third-order valence-corrected chi connectivity index (χ3v) is 3.76. The number of benzene rings is 2. The second-order valence-electron chi connectivity index (χ2n) is 5.47. The molecule has 2 aromatic heterocycles. The summed E-state index contributed by atoms with van der Waals surface area (Å²) in [5.74, 6) is 0.862. The maximum Gasteiger partial charge on any atom is 0.373 e. The van der Waals surface area contributed by atoms with Gasteiger partial charge in [0.1, 0.15) is 18.0 Å². The molecular formula is C21H16N2O3. The van der Waals surface area contributed by atoms with E-state index in [0.717, 1.165) is 28.2 Å². The molecule has 0 amide bonds. The molecule has 0 saturated carbocycles. The normalized spacial score (nSPS) is 9.85. The van der Waals surface area contributed by atoms with E-state index in [1.165, 1.54) is 0 Å². The van der Waals surface area contributed by atoms with Gasteiger partial charge in [0, 0.05) is 18.0 Å². The number of rotatable bonds is 4. The average Bonchev–Trinajstić information content (AvgIpc) is 3.12. The largest absolute Gasteiger partial charge is 0.489 e. The van der Waals surface area contributed by atoms with Crippen LogP contribution in [0.15, 0.2) is 85.2 Å². The smallest absolute Gasteiger partial charge is 0.373 e. The minimum Gasteiger partial charge on any atom is -0.489 e. The highest BCUT2D eigenvalue weighted by Crippen LogP contribution is 2.22. The Bertz CT molecular complexity index is 969. The Hall–Kier alpha value is -3.69. The van der Waals surface area contributed by atoms with Crippen LogP contribution in [0.2, 0.25) is 0 Å². The SMILES string of the molecule is O=C=O.c1ccc(COc2ccc(-c3cn4ccccc4n3)cc2)cc1. The molecule has 0 N–H and O–H groups in total. The van der Waals surface area contributed by atoms with Crippen LogP contribution < -0.4 is 4.74 Å². The number of carbonyl (C=O) groups excluding carboxylic acids is 2. The van der Waals surface area contributed by atoms with Gasteiger partial charge in [-0.15, -0.1) is 0 Å². The van der Waals surface area contributed by atoms with Gasteiger partial charge in [0.2, 0.25) is 0 Å². The summed E-state index contributed by atoms with van der Waals surface area (Å²) in [6.45, 7) is 0.578. The number of hydrogen-bond acceptors (Lipinski definition) is 4. The average molecular weight is 344 g/mol. The summed E-state index contributed by atoms with van der Waals surface area (Å²) in [5.41, 5.74) is 4.16. The molecule has 0 unspecified atom stereocenters. The lowest BCUT2D eigenvalue weighted by atomic mass is 10.1. The minimum absolute atomic E-state index is 0.250. The summed E-state index contributed by atoms with van der Waals surface area (Å²) in [6.07, 6.45) is 4.29. The van der Waals surface area contributed by atoms with Crippen molar-refractivity contribution in [2.75, 3.05) is 0 Å². The zero-order chi connectivity index (χ0) is 18.2. The maximum absolute atomic E-state index is 8.12. The molecule has 5 nitrogen and oxygen atoms in total. The fraction of sp³-hybridized carbons (Fsp3) is 0.0476. The molecule has 0 atom stereocenters. The van der Waals surface area contributed by atoms with E-state index in [1.54, 1.807) is 0 Å². The number of hydrogen-bond donors (Lipinski definition) is 0. The molecule has 2 aromatic carbocycles. The fourth-order valence-corrected chi connectivity index (χ4v) is 2.54. The maximum atomic E-state index is 8.12. The highest BCUT2D eigenvalue weighted by molar-refractivity contribution is 5.63. The van der Waals surface area contributed by atoms with E-state index in [9.17, 15) is 0 Å². The first-order valence-electron chi connectivity index (χ1n) is 8.00. The predicted molar refractivity (Wildman–Crippen MR) is 96.4 cm³/mol. The zero-order valence-electron chi connectivity index (χ0n) is 13.9. The van der Waals surface area contributed by atoms with Crippen molar-refractivity contribution in [3.05, 3.63) is 90.8 Å². The Kier molecular flexibility index (Phi) is 5.55. The predicted octanol–water partition coefficient (Wildman–Crippen LogP) is 4.00. The molecule has 0 fully saturated rings. The van der Waals surface area contributed by atoms with Gasteiger partial charge in [-0.05, 0) is 42.0 Å². The molecule has 128 valence electrons. The molecule has 0 aliphatic rings. The van der Waals surface area contributed by atoms with Gasteiger partial charge in [-0.1, -0.05) is 36.4 Å². The first-order chi connectivity index (χ1) is 12.8. The van der Waals surface area contributed by atoms with E-state index in [2.05, 4.69) is 17.1 Å². The van der Waals surface area contributed by atoms with Gasteiger partial charge in [-0.2, -0.15) is 9.59 Å². The molecule has 2 heterocycles. The van der Waals surface area contributed by atoms with Crippen molar-refractivity contribution >= 4 is 11.8 Å². The van der Waals surface area contributed by atoms with Crippen molar-refractivity contribution in [2.24, 2.45) is 0 Å². The van der Waals surface area contributed by atoms with Gasteiger partial charge in [0.25, 0.3) is 0 Å². The van der Waals surface area contributed by atoms with Crippen molar-refractivity contribution in [3.8, 4) is 17.0 Å². The van der Waals surface area contributed by atoms with Crippen molar-refractivity contribution in [1.82, 2.24) is 9.38 Å². The summed E-state index contributed by atoms with van der Waals surface area (Å²) in [7, 11) is 0. The van der Waals surface area contributed by atoms with Crippen LogP contribution in [0, 0.1) is 0 Å². The van der Waals surface area contributed by atoms with Crippen molar-refractivity contribution < 1.29 is 14.3 Å². The standard InChI is InChI=1S/C20H16N2O.CO2/c1-2-6-16(7-3-1)15-23-18-11-9-17(10-12-18)19-14-22-13-5-4-8-20(22)21-19;2-1-3/h1-14H,15H2;. The molecule has 0 aliphatic carbocycles. The number of aromatic nitrogens is 2. The number of pyridine rings is 1. The molecule has 4 aromatic rings. The number of imidazole rings is 1. The number of fused-ring (bicyclic) bond motifs is 1. The Morgan fingerprint density at radius 1 is 0.885 bits per heavy atom. The molecule has 5 heteroatoms. The Morgan fingerprint density at radius 2 is 1.58 bits per heavy atom. The van der Waals surface area contributed by atoms with Crippen LogP contribution in [0.25, 0.3) is 16.9 Å². The van der Waals surface area contributed by atoms with Crippen molar-refractivity contribution in [2.45, 2.75) is 6.61 Å². The van der Waals surface area contributed by atoms with Gasteiger partial charge >= 0.3 is 6.15 Å². The first kappa shape index (κ1) is 17.1. The Balaban J connectivity index is 0.000000613. The summed E-state index contributed by atoms with van der Waals surface area (Å²) in [5, 5.41) is 0. The lowest BCUT2D eigenvalue weighted by molar-refractivity contribution is -0.191. The fourth-order valence-electron chi connectivity index (χ4n) is 2.54. The van der Waals surface area contributed by atoms with Crippen LogP contribution in [0.5, 0.6) is 5.75 Å². The zero-order valence-corrected chi connectivity index (χ0v) is 13.9. The summed E-state index contributed by atoms with van der Waals surface area (Å²) in [4.78, 5) is 20.9. The first-order valence-corrected chi connectivity index (χ1v) is 8.00. The van der Waals surface area contributed by atoms with Crippen molar-refractivity contribution in [1.29, 1.82) is 0 Å². The van der Waals surface area contributed by atoms with Crippen LogP contribution in [0.3, 0.4) is 0 Å². The molecule has 26 heavy (non-hydrogen) atoms. The highest BCUT2D eigenvalue weighted by atomic mass is 16.5. The third kappa shape index (κ3) is 4.23. The lowest BCUT2D eigenvalue weighted by Gasteiger charge is -2.06. The van der Waals surface area contributed by atoms with Crippen LogP contribution in [0.1, 0.15) is 5.56 Å². The number of ether oxygens (including phenoxy) is 1. The Morgan fingerprint density at radius 3 is 2.27 bits per heavy atom. The van der Waals surface area contributed by atoms with Gasteiger partial charge in [-0.25, -0.2) is 4.98 Å². The molecular weight excluding hydrogens is 328 g/mol. The molecule has 4 rings (SSSR count). The second-order valence-corrected chi connectivity index (χ2v) is 5.47. The molecule has 0 aliphatic heterocycles. The summed E-state index contributed by atoms with van der Waals surface area (Å²) < 4.78 is 7.84. The van der Waals surface area contributed by atoms with Crippen LogP contribution in [0.4, 0.5) is 0 Å². The van der Waals surface area contributed by atoms with Crippen LogP contribution in [-0.2, 0) is 16.2 Å². The molecule has 0 bridgehead atoms. The van der Waals surface area contributed by atoms with Gasteiger partial charge in [0.15, 0.2) is 0 Å². The summed E-state index contributed by atoms with van der Waals surface area (Å²) in [6, 6.07) is 24.2. The molecule has 0 radical (unpaired) electrons. The van der Waals surface area contributed by atoms with Crippen LogP contribution in [-0.4, -0.2) is 15.5 Å². The third-order valence-electron chi connectivity index (χ3n) is 3.76.